The summed E-state index contributed by atoms with van der Waals surface area (Å²) in [6, 6.07) is 7.43. The smallest absolute Gasteiger partial charge is 0.208 e. The van der Waals surface area contributed by atoms with Crippen LogP contribution >= 0.6 is 0 Å². The molecule has 1 aromatic carbocycles. The monoisotopic (exact) mass is 309 g/mol. The van der Waals surface area contributed by atoms with Crippen molar-refractivity contribution in [1.82, 2.24) is 4.72 Å². The van der Waals surface area contributed by atoms with Gasteiger partial charge in [-0.15, -0.1) is 0 Å². The fourth-order valence-electron chi connectivity index (χ4n) is 2.96. The summed E-state index contributed by atoms with van der Waals surface area (Å²) in [4.78, 5) is 0.388. The van der Waals surface area contributed by atoms with Gasteiger partial charge in [-0.05, 0) is 42.9 Å². The lowest BCUT2D eigenvalue weighted by Gasteiger charge is -2.16. The average Bonchev–Trinajstić information content (AvgIpc) is 2.67. The fourth-order valence-corrected chi connectivity index (χ4v) is 4.27. The van der Waals surface area contributed by atoms with Gasteiger partial charge in [-0.1, -0.05) is 51.7 Å². The van der Waals surface area contributed by atoms with Gasteiger partial charge in [0.25, 0.3) is 0 Å². The molecule has 0 radical (unpaired) electrons. The van der Waals surface area contributed by atoms with Crippen molar-refractivity contribution in [3.63, 3.8) is 0 Å². The normalized spacial score (nSPS) is 17.9. The van der Waals surface area contributed by atoms with Crippen LogP contribution in [0.3, 0.4) is 0 Å². The fraction of sp³-hybridized carbons (Fsp3) is 0.647. The van der Waals surface area contributed by atoms with E-state index in [2.05, 4.69) is 18.6 Å². The van der Waals surface area contributed by atoms with Crippen molar-refractivity contribution in [2.75, 3.05) is 0 Å². The summed E-state index contributed by atoms with van der Waals surface area (Å²) in [6.07, 6.45) is 7.61. The third-order valence-corrected chi connectivity index (χ3v) is 5.59. The van der Waals surface area contributed by atoms with Crippen LogP contribution in [0.25, 0.3) is 0 Å². The van der Waals surface area contributed by atoms with E-state index in [-0.39, 0.29) is 6.04 Å². The number of sulfonamides is 1. The van der Waals surface area contributed by atoms with E-state index in [1.165, 1.54) is 18.4 Å². The van der Waals surface area contributed by atoms with Gasteiger partial charge in [0.15, 0.2) is 0 Å². The number of benzene rings is 1. The van der Waals surface area contributed by atoms with Gasteiger partial charge in [0.2, 0.25) is 10.0 Å². The lowest BCUT2D eigenvalue weighted by atomic mass is 10.0. The molecule has 4 heteroatoms. The van der Waals surface area contributed by atoms with Crippen molar-refractivity contribution in [3.05, 3.63) is 29.8 Å². The lowest BCUT2D eigenvalue weighted by molar-refractivity contribution is 0.510. The lowest BCUT2D eigenvalue weighted by Crippen LogP contribution is -2.34. The zero-order valence-electron chi connectivity index (χ0n) is 13.1. The Morgan fingerprint density at radius 1 is 1.05 bits per heavy atom. The van der Waals surface area contributed by atoms with E-state index in [0.717, 1.165) is 32.1 Å². The zero-order chi connectivity index (χ0) is 15.3. The Morgan fingerprint density at radius 3 is 2.14 bits per heavy atom. The molecule has 1 aromatic rings. The highest BCUT2D eigenvalue weighted by molar-refractivity contribution is 7.89. The van der Waals surface area contributed by atoms with Crippen molar-refractivity contribution < 1.29 is 8.42 Å². The molecule has 0 atom stereocenters. The summed E-state index contributed by atoms with van der Waals surface area (Å²) in [5.41, 5.74) is 1.19. The molecule has 3 nitrogen and oxygen atoms in total. The Balaban J connectivity index is 2.04. The Labute approximate surface area is 129 Å². The molecule has 2 rings (SSSR count). The van der Waals surface area contributed by atoms with Gasteiger partial charge in [0.05, 0.1) is 4.90 Å². The van der Waals surface area contributed by atoms with Crippen LogP contribution in [0.1, 0.15) is 57.9 Å². The summed E-state index contributed by atoms with van der Waals surface area (Å²) >= 11 is 0. The van der Waals surface area contributed by atoms with Crippen LogP contribution in [0.4, 0.5) is 0 Å². The average molecular weight is 309 g/mol. The second-order valence-electron chi connectivity index (χ2n) is 6.55. The third kappa shape index (κ3) is 5.11. The molecule has 0 unspecified atom stereocenters. The van der Waals surface area contributed by atoms with Crippen molar-refractivity contribution in [3.8, 4) is 0 Å². The van der Waals surface area contributed by atoms with Crippen LogP contribution in [-0.4, -0.2) is 14.5 Å². The van der Waals surface area contributed by atoms with E-state index < -0.39 is 10.0 Å². The van der Waals surface area contributed by atoms with E-state index >= 15 is 0 Å². The van der Waals surface area contributed by atoms with Crippen LogP contribution in [0.2, 0.25) is 0 Å². The maximum absolute atomic E-state index is 12.4. The summed E-state index contributed by atoms with van der Waals surface area (Å²) in [5.74, 6) is 0.580. The van der Waals surface area contributed by atoms with Crippen LogP contribution in [0.5, 0.6) is 0 Å². The molecular weight excluding hydrogens is 282 g/mol. The Hall–Kier alpha value is -0.870. The van der Waals surface area contributed by atoms with E-state index in [4.69, 9.17) is 0 Å². The second kappa shape index (κ2) is 7.41. The molecular formula is C17H27NO2S. The van der Waals surface area contributed by atoms with Gasteiger partial charge in [-0.2, -0.15) is 0 Å². The first-order valence-electron chi connectivity index (χ1n) is 8.08. The number of rotatable bonds is 5. The minimum Gasteiger partial charge on any atom is -0.208 e. The molecule has 0 bridgehead atoms. The summed E-state index contributed by atoms with van der Waals surface area (Å²) < 4.78 is 27.8. The van der Waals surface area contributed by atoms with Gasteiger partial charge >= 0.3 is 0 Å². The van der Waals surface area contributed by atoms with Crippen LogP contribution in [0, 0.1) is 5.92 Å². The van der Waals surface area contributed by atoms with Gasteiger partial charge in [-0.25, -0.2) is 13.1 Å². The Morgan fingerprint density at radius 2 is 1.62 bits per heavy atom. The highest BCUT2D eigenvalue weighted by Gasteiger charge is 2.20. The molecule has 118 valence electrons. The molecule has 0 saturated heterocycles. The van der Waals surface area contributed by atoms with E-state index in [1.807, 2.05) is 12.1 Å². The van der Waals surface area contributed by atoms with Gasteiger partial charge in [0, 0.05) is 6.04 Å². The van der Waals surface area contributed by atoms with Gasteiger partial charge < -0.3 is 0 Å². The van der Waals surface area contributed by atoms with E-state index in [9.17, 15) is 8.42 Å². The third-order valence-electron chi connectivity index (χ3n) is 4.05. The number of hydrogen-bond acceptors (Lipinski definition) is 2. The van der Waals surface area contributed by atoms with E-state index in [0.29, 0.717) is 10.8 Å². The first-order valence-corrected chi connectivity index (χ1v) is 9.57. The standard InChI is InChI=1S/C17H27NO2S/c1-14(2)13-15-9-11-17(12-10-15)21(19,20)18-16-7-5-3-4-6-8-16/h9-12,14,16,18H,3-8,13H2,1-2H3. The number of nitrogens with one attached hydrogen (secondary N) is 1. The first kappa shape index (κ1) is 16.5. The molecule has 0 amide bonds. The molecule has 0 aliphatic heterocycles. The van der Waals surface area contributed by atoms with Gasteiger partial charge in [-0.3, -0.25) is 0 Å². The first-order chi connectivity index (χ1) is 9.97. The zero-order valence-corrected chi connectivity index (χ0v) is 14.0. The maximum Gasteiger partial charge on any atom is 0.240 e. The minimum absolute atomic E-state index is 0.104. The SMILES string of the molecule is CC(C)Cc1ccc(S(=O)(=O)NC2CCCCCC2)cc1. The molecule has 1 fully saturated rings. The predicted octanol–water partition coefficient (Wildman–Crippen LogP) is 3.89. The molecule has 0 aromatic heterocycles. The van der Waals surface area contributed by atoms with E-state index in [1.54, 1.807) is 12.1 Å². The van der Waals surface area contributed by atoms with Crippen molar-refractivity contribution in [2.45, 2.75) is 69.7 Å². The summed E-state index contributed by atoms with van der Waals surface area (Å²) in [7, 11) is -3.37. The van der Waals surface area contributed by atoms with Crippen LogP contribution in [-0.2, 0) is 16.4 Å². The largest absolute Gasteiger partial charge is 0.240 e. The Bertz CT molecular complexity index is 526. The topological polar surface area (TPSA) is 46.2 Å². The number of hydrogen-bond donors (Lipinski definition) is 1. The van der Waals surface area contributed by atoms with Crippen LogP contribution in [0.15, 0.2) is 29.2 Å². The Kier molecular flexibility index (Phi) is 5.82. The summed E-state index contributed by atoms with van der Waals surface area (Å²) in [6.45, 7) is 4.33. The molecule has 1 saturated carbocycles. The molecule has 21 heavy (non-hydrogen) atoms. The van der Waals surface area contributed by atoms with Crippen LogP contribution < -0.4 is 4.72 Å². The molecule has 1 N–H and O–H groups in total. The van der Waals surface area contributed by atoms with Crippen molar-refractivity contribution in [1.29, 1.82) is 0 Å². The van der Waals surface area contributed by atoms with Crippen molar-refractivity contribution >= 4 is 10.0 Å². The summed E-state index contributed by atoms with van der Waals surface area (Å²) in [5, 5.41) is 0. The van der Waals surface area contributed by atoms with Crippen molar-refractivity contribution in [2.24, 2.45) is 5.92 Å². The minimum atomic E-state index is -3.37. The highest BCUT2D eigenvalue weighted by atomic mass is 32.2. The molecule has 0 heterocycles. The van der Waals surface area contributed by atoms with Gasteiger partial charge in [0.1, 0.15) is 0 Å². The molecule has 1 aliphatic carbocycles. The molecule has 1 aliphatic rings. The second-order valence-corrected chi connectivity index (χ2v) is 8.27. The highest BCUT2D eigenvalue weighted by Crippen LogP contribution is 2.20. The predicted molar refractivity (Wildman–Crippen MR) is 86.8 cm³/mol. The maximum atomic E-state index is 12.4. The molecule has 0 spiro atoms. The quantitative estimate of drug-likeness (QED) is 0.839.